The van der Waals surface area contributed by atoms with Gasteiger partial charge in [0.25, 0.3) is 0 Å². The Bertz CT molecular complexity index is 514. The molecule has 1 aliphatic heterocycles. The first-order valence-corrected chi connectivity index (χ1v) is 6.62. The summed E-state index contributed by atoms with van der Waals surface area (Å²) in [6, 6.07) is 7.43. The molecule has 0 unspecified atom stereocenters. The van der Waals surface area contributed by atoms with Crippen LogP contribution in [-0.4, -0.2) is 28.8 Å². The fraction of sp³-hybridized carbons (Fsp3) is 0.429. The third-order valence-electron chi connectivity index (χ3n) is 3.20. The molecule has 1 saturated heterocycles. The third kappa shape index (κ3) is 3.07. The molecule has 1 N–H and O–H groups in total. The molecule has 1 fully saturated rings. The lowest BCUT2D eigenvalue weighted by atomic mass is 10.0. The number of benzene rings is 1. The minimum Gasteiger partial charge on any atom is -0.342 e. The number of nitrogens with zero attached hydrogens (tertiary/aromatic N) is 1. The summed E-state index contributed by atoms with van der Waals surface area (Å²) in [5.74, 6) is -0.182. The summed E-state index contributed by atoms with van der Waals surface area (Å²) in [5, 5.41) is 3.37. The molecular weight excluding hydrogens is 264 g/mol. The summed E-state index contributed by atoms with van der Waals surface area (Å²) in [7, 11) is 0. The highest BCUT2D eigenvalue weighted by Gasteiger charge is 2.36. The maximum absolute atomic E-state index is 12.4. The van der Waals surface area contributed by atoms with Crippen molar-refractivity contribution in [3.63, 3.8) is 0 Å². The number of hydrogen-bond donors (Lipinski definition) is 1. The highest BCUT2D eigenvalue weighted by molar-refractivity contribution is 6.31. The van der Waals surface area contributed by atoms with Gasteiger partial charge >= 0.3 is 0 Å². The molecule has 0 bridgehead atoms. The lowest BCUT2D eigenvalue weighted by molar-refractivity contribution is -0.137. The zero-order valence-corrected chi connectivity index (χ0v) is 11.8. The van der Waals surface area contributed by atoms with Crippen molar-refractivity contribution in [1.82, 2.24) is 10.2 Å². The Morgan fingerprint density at radius 2 is 2.00 bits per heavy atom. The van der Waals surface area contributed by atoms with E-state index in [4.69, 9.17) is 11.6 Å². The Balaban J connectivity index is 2.22. The van der Waals surface area contributed by atoms with Crippen LogP contribution in [0, 0.1) is 0 Å². The van der Waals surface area contributed by atoms with Gasteiger partial charge in [0.15, 0.2) is 0 Å². The second kappa shape index (κ2) is 5.21. The van der Waals surface area contributed by atoms with Crippen LogP contribution in [0.2, 0.25) is 5.02 Å². The van der Waals surface area contributed by atoms with Crippen molar-refractivity contribution in [3.05, 3.63) is 34.9 Å². The van der Waals surface area contributed by atoms with Crippen molar-refractivity contribution < 1.29 is 9.59 Å². The van der Waals surface area contributed by atoms with Gasteiger partial charge in [-0.25, -0.2) is 0 Å². The van der Waals surface area contributed by atoms with E-state index in [2.05, 4.69) is 5.32 Å². The molecule has 0 radical (unpaired) electrons. The second-order valence-electron chi connectivity index (χ2n) is 5.24. The molecule has 2 amide bonds. The Hall–Kier alpha value is -1.55. The van der Waals surface area contributed by atoms with E-state index in [9.17, 15) is 9.59 Å². The monoisotopic (exact) mass is 280 g/mol. The van der Waals surface area contributed by atoms with E-state index in [-0.39, 0.29) is 11.8 Å². The number of rotatable bonds is 2. The first-order valence-electron chi connectivity index (χ1n) is 6.24. The number of carbonyl (C=O) groups is 2. The topological polar surface area (TPSA) is 49.4 Å². The summed E-state index contributed by atoms with van der Waals surface area (Å²) >= 11 is 6.11. The standard InChI is InChI=1S/C14H17ClN2O2/c1-14(2)13(19)17(8-7-12(18)16-14)9-10-5-3-4-6-11(10)15/h3-6H,7-9H2,1-2H3,(H,16,18). The van der Waals surface area contributed by atoms with Crippen molar-refractivity contribution >= 4 is 23.4 Å². The Morgan fingerprint density at radius 1 is 1.32 bits per heavy atom. The van der Waals surface area contributed by atoms with Gasteiger partial charge in [0, 0.05) is 24.5 Å². The first kappa shape index (κ1) is 13.9. The van der Waals surface area contributed by atoms with E-state index in [1.165, 1.54) is 0 Å². The Labute approximate surface area is 117 Å². The van der Waals surface area contributed by atoms with Gasteiger partial charge in [-0.3, -0.25) is 9.59 Å². The molecule has 0 atom stereocenters. The fourth-order valence-corrected chi connectivity index (χ4v) is 2.38. The normalized spacial score (nSPS) is 19.0. The van der Waals surface area contributed by atoms with Crippen LogP contribution in [0.5, 0.6) is 0 Å². The van der Waals surface area contributed by atoms with E-state index in [0.29, 0.717) is 24.5 Å². The summed E-state index contributed by atoms with van der Waals surface area (Å²) in [5.41, 5.74) is 0.0251. The molecule has 4 nitrogen and oxygen atoms in total. The predicted molar refractivity (Wildman–Crippen MR) is 73.7 cm³/mol. The zero-order chi connectivity index (χ0) is 14.0. The molecule has 1 aromatic carbocycles. The minimum atomic E-state index is -0.866. The van der Waals surface area contributed by atoms with Crippen LogP contribution in [0.25, 0.3) is 0 Å². The van der Waals surface area contributed by atoms with Gasteiger partial charge in [0.1, 0.15) is 5.54 Å². The molecule has 0 aliphatic carbocycles. The summed E-state index contributed by atoms with van der Waals surface area (Å²) in [6.45, 7) is 4.28. The average Bonchev–Trinajstić information content (AvgIpc) is 2.43. The minimum absolute atomic E-state index is 0.0849. The molecule has 0 aromatic heterocycles. The van der Waals surface area contributed by atoms with Crippen molar-refractivity contribution in [3.8, 4) is 0 Å². The van der Waals surface area contributed by atoms with Crippen LogP contribution in [0.3, 0.4) is 0 Å². The largest absolute Gasteiger partial charge is 0.342 e. The molecule has 0 spiro atoms. The molecule has 19 heavy (non-hydrogen) atoms. The van der Waals surface area contributed by atoms with Gasteiger partial charge in [-0.15, -0.1) is 0 Å². The molecule has 1 aromatic rings. The van der Waals surface area contributed by atoms with Gasteiger partial charge in [-0.1, -0.05) is 29.8 Å². The zero-order valence-electron chi connectivity index (χ0n) is 11.1. The van der Waals surface area contributed by atoms with E-state index < -0.39 is 5.54 Å². The van der Waals surface area contributed by atoms with Crippen molar-refractivity contribution in [1.29, 1.82) is 0 Å². The van der Waals surface area contributed by atoms with E-state index in [1.807, 2.05) is 18.2 Å². The molecule has 1 heterocycles. The number of carbonyl (C=O) groups excluding carboxylic acids is 2. The molecular formula is C14H17ClN2O2. The van der Waals surface area contributed by atoms with E-state index in [1.54, 1.807) is 24.8 Å². The molecule has 0 saturated carbocycles. The third-order valence-corrected chi connectivity index (χ3v) is 3.57. The summed E-state index contributed by atoms with van der Waals surface area (Å²) in [6.07, 6.45) is 0.319. The van der Waals surface area contributed by atoms with E-state index in [0.717, 1.165) is 5.56 Å². The van der Waals surface area contributed by atoms with Crippen molar-refractivity contribution in [2.75, 3.05) is 6.54 Å². The molecule has 2 rings (SSSR count). The lowest BCUT2D eigenvalue weighted by Crippen LogP contribution is -2.52. The van der Waals surface area contributed by atoms with Gasteiger partial charge < -0.3 is 10.2 Å². The van der Waals surface area contributed by atoms with Gasteiger partial charge in [0.05, 0.1) is 0 Å². The number of nitrogens with one attached hydrogen (secondary N) is 1. The first-order chi connectivity index (χ1) is 8.90. The van der Waals surface area contributed by atoms with Crippen LogP contribution < -0.4 is 5.32 Å². The van der Waals surface area contributed by atoms with E-state index >= 15 is 0 Å². The van der Waals surface area contributed by atoms with Crippen molar-refractivity contribution in [2.45, 2.75) is 32.4 Å². The number of amides is 2. The van der Waals surface area contributed by atoms with Crippen LogP contribution >= 0.6 is 11.6 Å². The second-order valence-corrected chi connectivity index (χ2v) is 5.65. The smallest absolute Gasteiger partial charge is 0.248 e. The van der Waals surface area contributed by atoms with Gasteiger partial charge in [0.2, 0.25) is 11.8 Å². The number of halogens is 1. The van der Waals surface area contributed by atoms with Gasteiger partial charge in [-0.05, 0) is 25.5 Å². The highest BCUT2D eigenvalue weighted by Crippen LogP contribution is 2.20. The lowest BCUT2D eigenvalue weighted by Gasteiger charge is -2.29. The van der Waals surface area contributed by atoms with Crippen molar-refractivity contribution in [2.24, 2.45) is 0 Å². The maximum atomic E-state index is 12.4. The Morgan fingerprint density at radius 3 is 2.68 bits per heavy atom. The summed E-state index contributed by atoms with van der Waals surface area (Å²) in [4.78, 5) is 25.7. The quantitative estimate of drug-likeness (QED) is 0.900. The van der Waals surface area contributed by atoms with Crippen LogP contribution in [-0.2, 0) is 16.1 Å². The SMILES string of the molecule is CC1(C)NC(=O)CCN(Cc2ccccc2Cl)C1=O. The average molecular weight is 281 g/mol. The Kier molecular flexibility index (Phi) is 3.80. The maximum Gasteiger partial charge on any atom is 0.248 e. The van der Waals surface area contributed by atoms with Crippen LogP contribution in [0.4, 0.5) is 0 Å². The molecule has 5 heteroatoms. The molecule has 102 valence electrons. The number of hydrogen-bond acceptors (Lipinski definition) is 2. The van der Waals surface area contributed by atoms with Crippen LogP contribution in [0.15, 0.2) is 24.3 Å². The predicted octanol–water partition coefficient (Wildman–Crippen LogP) is 1.97. The molecule has 1 aliphatic rings. The van der Waals surface area contributed by atoms with Crippen LogP contribution in [0.1, 0.15) is 25.8 Å². The highest BCUT2D eigenvalue weighted by atomic mass is 35.5. The summed E-state index contributed by atoms with van der Waals surface area (Å²) < 4.78 is 0. The van der Waals surface area contributed by atoms with Gasteiger partial charge in [-0.2, -0.15) is 0 Å². The fourth-order valence-electron chi connectivity index (χ4n) is 2.18.